The predicted octanol–water partition coefficient (Wildman–Crippen LogP) is 3.76. The minimum atomic E-state index is -0.617. The molecule has 0 fully saturated rings. The van der Waals surface area contributed by atoms with Gasteiger partial charge >= 0.3 is 0 Å². The first kappa shape index (κ1) is 13.9. The summed E-state index contributed by atoms with van der Waals surface area (Å²) in [5, 5.41) is 10.8. The predicted molar refractivity (Wildman–Crippen MR) is 68.5 cm³/mol. The smallest absolute Gasteiger partial charge is 0.276 e. The van der Waals surface area contributed by atoms with Gasteiger partial charge in [-0.25, -0.2) is 8.78 Å². The third-order valence-corrected chi connectivity index (χ3v) is 2.78. The molecule has 2 aromatic carbocycles. The first-order valence-electron chi connectivity index (χ1n) is 5.79. The van der Waals surface area contributed by atoms with Crippen molar-refractivity contribution in [2.24, 2.45) is 0 Å². The molecular weight excluding hydrogens is 268 g/mol. The number of benzene rings is 2. The number of ether oxygens (including phenoxy) is 1. The van der Waals surface area contributed by atoms with E-state index in [2.05, 4.69) is 0 Å². The van der Waals surface area contributed by atoms with Crippen molar-refractivity contribution in [3.63, 3.8) is 0 Å². The van der Waals surface area contributed by atoms with E-state index in [1.165, 1.54) is 12.1 Å². The quantitative estimate of drug-likeness (QED) is 0.632. The monoisotopic (exact) mass is 279 g/mol. The Morgan fingerprint density at radius 1 is 1.20 bits per heavy atom. The van der Waals surface area contributed by atoms with E-state index in [4.69, 9.17) is 4.74 Å². The lowest BCUT2D eigenvalue weighted by atomic mass is 10.2. The maximum atomic E-state index is 13.3. The Balaban J connectivity index is 2.20. The first-order chi connectivity index (χ1) is 9.47. The van der Waals surface area contributed by atoms with Crippen molar-refractivity contribution in [1.82, 2.24) is 0 Å². The highest BCUT2D eigenvalue weighted by atomic mass is 19.1. The number of nitrogens with zero attached hydrogens (tertiary/aromatic N) is 1. The minimum absolute atomic E-state index is 0.0935. The molecule has 2 aromatic rings. The summed E-state index contributed by atoms with van der Waals surface area (Å²) in [5.74, 6) is -0.799. The normalized spacial score (nSPS) is 10.3. The number of aryl methyl sites for hydroxylation is 1. The van der Waals surface area contributed by atoms with Gasteiger partial charge in [0.15, 0.2) is 0 Å². The summed E-state index contributed by atoms with van der Waals surface area (Å²) in [6.07, 6.45) is 0. The van der Waals surface area contributed by atoms with Gasteiger partial charge in [0.05, 0.1) is 10.5 Å². The molecular formula is C14H11F2NO3. The number of halogens is 2. The second-order valence-corrected chi connectivity index (χ2v) is 4.23. The van der Waals surface area contributed by atoms with Crippen LogP contribution in [-0.2, 0) is 6.61 Å². The molecule has 20 heavy (non-hydrogen) atoms. The molecule has 0 bridgehead atoms. The molecule has 104 valence electrons. The molecule has 0 heterocycles. The van der Waals surface area contributed by atoms with E-state index in [-0.39, 0.29) is 23.6 Å². The van der Waals surface area contributed by atoms with Crippen LogP contribution in [0.1, 0.15) is 11.1 Å². The summed E-state index contributed by atoms with van der Waals surface area (Å²) < 4.78 is 31.7. The fraction of sp³-hybridized carbons (Fsp3) is 0.143. The maximum absolute atomic E-state index is 13.3. The van der Waals surface area contributed by atoms with E-state index >= 15 is 0 Å². The van der Waals surface area contributed by atoms with Gasteiger partial charge in [-0.05, 0) is 30.7 Å². The number of nitro benzene ring substituents is 1. The zero-order valence-electron chi connectivity index (χ0n) is 10.6. The van der Waals surface area contributed by atoms with Gasteiger partial charge in [0.1, 0.15) is 24.0 Å². The molecule has 4 nitrogen and oxygen atoms in total. The third-order valence-electron chi connectivity index (χ3n) is 2.78. The standard InChI is InChI=1S/C14H11F2NO3/c1-9-2-4-12(7-13(9)16)20-8-10-6-11(15)3-5-14(10)17(18)19/h2-7H,8H2,1H3. The topological polar surface area (TPSA) is 52.4 Å². The van der Waals surface area contributed by atoms with Gasteiger partial charge in [0.25, 0.3) is 5.69 Å². The molecule has 0 aliphatic heterocycles. The molecule has 2 rings (SSSR count). The average molecular weight is 279 g/mol. The van der Waals surface area contributed by atoms with Crippen LogP contribution in [-0.4, -0.2) is 4.92 Å². The number of hydrogen-bond donors (Lipinski definition) is 0. The van der Waals surface area contributed by atoms with Crippen LogP contribution in [0.5, 0.6) is 5.75 Å². The Morgan fingerprint density at radius 2 is 1.95 bits per heavy atom. The summed E-state index contributed by atoms with van der Waals surface area (Å²) in [6.45, 7) is 1.40. The number of hydrogen-bond acceptors (Lipinski definition) is 3. The van der Waals surface area contributed by atoms with Gasteiger partial charge in [0, 0.05) is 12.1 Å². The molecule has 0 saturated carbocycles. The average Bonchev–Trinajstić information content (AvgIpc) is 2.40. The van der Waals surface area contributed by atoms with E-state index in [0.717, 1.165) is 18.2 Å². The maximum Gasteiger partial charge on any atom is 0.276 e. The summed E-state index contributed by atoms with van der Waals surface area (Å²) in [4.78, 5) is 10.2. The van der Waals surface area contributed by atoms with Crippen molar-refractivity contribution in [2.75, 3.05) is 0 Å². The van der Waals surface area contributed by atoms with Crippen molar-refractivity contribution < 1.29 is 18.4 Å². The second-order valence-electron chi connectivity index (χ2n) is 4.23. The number of rotatable bonds is 4. The molecule has 0 aliphatic carbocycles. The molecule has 0 spiro atoms. The van der Waals surface area contributed by atoms with Crippen LogP contribution in [0.4, 0.5) is 14.5 Å². The van der Waals surface area contributed by atoms with Crippen molar-refractivity contribution in [1.29, 1.82) is 0 Å². The molecule has 0 aromatic heterocycles. The highest BCUT2D eigenvalue weighted by molar-refractivity contribution is 5.40. The largest absolute Gasteiger partial charge is 0.489 e. The Morgan fingerprint density at radius 3 is 2.60 bits per heavy atom. The zero-order valence-corrected chi connectivity index (χ0v) is 10.6. The lowest BCUT2D eigenvalue weighted by molar-refractivity contribution is -0.385. The molecule has 0 radical (unpaired) electrons. The Bertz CT molecular complexity index is 659. The van der Waals surface area contributed by atoms with Crippen molar-refractivity contribution in [3.8, 4) is 5.75 Å². The van der Waals surface area contributed by atoms with Crippen LogP contribution in [0.2, 0.25) is 0 Å². The lowest BCUT2D eigenvalue weighted by Gasteiger charge is -2.08. The molecule has 0 atom stereocenters. The summed E-state index contributed by atoms with van der Waals surface area (Å²) in [5.41, 5.74) is 0.323. The number of nitro groups is 1. The summed E-state index contributed by atoms with van der Waals surface area (Å²) >= 11 is 0. The first-order valence-corrected chi connectivity index (χ1v) is 5.79. The van der Waals surface area contributed by atoms with Crippen molar-refractivity contribution in [2.45, 2.75) is 13.5 Å². The third kappa shape index (κ3) is 3.09. The summed E-state index contributed by atoms with van der Waals surface area (Å²) in [6, 6.07) is 7.37. The lowest BCUT2D eigenvalue weighted by Crippen LogP contribution is -2.01. The fourth-order valence-corrected chi connectivity index (χ4v) is 1.67. The van der Waals surface area contributed by atoms with Crippen LogP contribution in [0.15, 0.2) is 36.4 Å². The molecule has 0 amide bonds. The molecule has 0 aliphatic rings. The summed E-state index contributed by atoms with van der Waals surface area (Å²) in [7, 11) is 0. The van der Waals surface area contributed by atoms with E-state index in [9.17, 15) is 18.9 Å². The van der Waals surface area contributed by atoms with Crippen LogP contribution in [0, 0.1) is 28.7 Å². The second kappa shape index (κ2) is 5.64. The van der Waals surface area contributed by atoms with E-state index in [1.807, 2.05) is 0 Å². The highest BCUT2D eigenvalue weighted by Crippen LogP contribution is 2.22. The molecule has 0 N–H and O–H groups in total. The molecule has 0 unspecified atom stereocenters. The van der Waals surface area contributed by atoms with Gasteiger partial charge in [0.2, 0.25) is 0 Å². The van der Waals surface area contributed by atoms with E-state index < -0.39 is 16.6 Å². The van der Waals surface area contributed by atoms with Crippen LogP contribution in [0.25, 0.3) is 0 Å². The van der Waals surface area contributed by atoms with Crippen LogP contribution < -0.4 is 4.74 Å². The van der Waals surface area contributed by atoms with Crippen molar-refractivity contribution >= 4 is 5.69 Å². The van der Waals surface area contributed by atoms with E-state index in [1.54, 1.807) is 13.0 Å². The van der Waals surface area contributed by atoms with E-state index in [0.29, 0.717) is 5.56 Å². The molecule has 6 heteroatoms. The van der Waals surface area contributed by atoms with Gasteiger partial charge in [-0.1, -0.05) is 6.07 Å². The van der Waals surface area contributed by atoms with Gasteiger partial charge in [-0.2, -0.15) is 0 Å². The Hall–Kier alpha value is -2.50. The zero-order chi connectivity index (χ0) is 14.7. The van der Waals surface area contributed by atoms with Crippen molar-refractivity contribution in [3.05, 3.63) is 69.3 Å². The van der Waals surface area contributed by atoms with Gasteiger partial charge < -0.3 is 4.74 Å². The molecule has 0 saturated heterocycles. The van der Waals surface area contributed by atoms with Gasteiger partial charge in [-0.15, -0.1) is 0 Å². The van der Waals surface area contributed by atoms with Crippen LogP contribution >= 0.6 is 0 Å². The van der Waals surface area contributed by atoms with Crippen LogP contribution in [0.3, 0.4) is 0 Å². The fourth-order valence-electron chi connectivity index (χ4n) is 1.67. The Labute approximate surface area is 113 Å². The SMILES string of the molecule is Cc1ccc(OCc2cc(F)ccc2[N+](=O)[O-])cc1F. The minimum Gasteiger partial charge on any atom is -0.489 e. The highest BCUT2D eigenvalue weighted by Gasteiger charge is 2.15. The van der Waals surface area contributed by atoms with Gasteiger partial charge in [-0.3, -0.25) is 10.1 Å². The Kier molecular flexibility index (Phi) is 3.93.